The van der Waals surface area contributed by atoms with Crippen molar-refractivity contribution in [1.29, 1.82) is 0 Å². The summed E-state index contributed by atoms with van der Waals surface area (Å²) < 4.78 is 0.829. The summed E-state index contributed by atoms with van der Waals surface area (Å²) in [5.41, 5.74) is -0.0809. The molecule has 80 valence electrons. The minimum Gasteiger partial charge on any atom is -0.351 e. The highest BCUT2D eigenvalue weighted by atomic mass is 79.9. The first kappa shape index (κ1) is 11.8. The maximum atomic E-state index is 11.9. The highest BCUT2D eigenvalue weighted by Gasteiger charge is 2.38. The summed E-state index contributed by atoms with van der Waals surface area (Å²) >= 11 is 3.24. The van der Waals surface area contributed by atoms with Gasteiger partial charge in [-0.25, -0.2) is 0 Å². The molecule has 0 aromatic heterocycles. The van der Waals surface area contributed by atoms with E-state index in [2.05, 4.69) is 34.7 Å². The van der Waals surface area contributed by atoms with E-state index >= 15 is 0 Å². The van der Waals surface area contributed by atoms with Gasteiger partial charge in [0.15, 0.2) is 0 Å². The number of hydrogen-bond acceptors (Lipinski definition) is 1. The van der Waals surface area contributed by atoms with Crippen molar-refractivity contribution in [3.63, 3.8) is 0 Å². The quantitative estimate of drug-likeness (QED) is 0.827. The van der Waals surface area contributed by atoms with E-state index in [1.807, 2.05) is 0 Å². The van der Waals surface area contributed by atoms with Crippen LogP contribution >= 0.6 is 15.9 Å². The van der Waals surface area contributed by atoms with E-state index in [1.54, 1.807) is 0 Å². The molecule has 0 aliphatic heterocycles. The lowest BCUT2D eigenvalue weighted by Gasteiger charge is -2.25. The predicted molar refractivity (Wildman–Crippen MR) is 62.3 cm³/mol. The molecule has 0 atom stereocenters. The minimum atomic E-state index is -0.0809. The van der Waals surface area contributed by atoms with E-state index in [9.17, 15) is 4.79 Å². The second-order valence-corrected chi connectivity index (χ2v) is 5.16. The Morgan fingerprint density at radius 1 is 1.50 bits per heavy atom. The van der Waals surface area contributed by atoms with Crippen LogP contribution in [0.2, 0.25) is 0 Å². The number of nitrogens with one attached hydrogen (secondary N) is 1. The molecule has 0 aromatic carbocycles. The fraction of sp³-hybridized carbons (Fsp3) is 0.727. The van der Waals surface area contributed by atoms with Crippen molar-refractivity contribution in [3.8, 4) is 0 Å². The predicted octanol–water partition coefficient (Wildman–Crippen LogP) is 2.98. The van der Waals surface area contributed by atoms with Crippen molar-refractivity contribution in [2.24, 2.45) is 5.41 Å². The number of hydrogen-bond donors (Lipinski definition) is 1. The summed E-state index contributed by atoms with van der Waals surface area (Å²) in [7, 11) is 0. The molecule has 1 aliphatic rings. The van der Waals surface area contributed by atoms with Crippen LogP contribution in [-0.4, -0.2) is 12.5 Å². The molecule has 1 amide bonds. The molecule has 0 saturated heterocycles. The number of rotatable bonds is 4. The van der Waals surface area contributed by atoms with Gasteiger partial charge in [-0.3, -0.25) is 4.79 Å². The molecule has 0 aromatic rings. The van der Waals surface area contributed by atoms with Crippen LogP contribution < -0.4 is 5.32 Å². The maximum Gasteiger partial charge on any atom is 0.226 e. The third-order valence-electron chi connectivity index (χ3n) is 3.16. The smallest absolute Gasteiger partial charge is 0.226 e. The minimum absolute atomic E-state index is 0.0809. The van der Waals surface area contributed by atoms with E-state index in [1.165, 1.54) is 12.8 Å². The first-order valence-electron chi connectivity index (χ1n) is 5.22. The summed E-state index contributed by atoms with van der Waals surface area (Å²) in [6, 6.07) is 0. The van der Waals surface area contributed by atoms with Gasteiger partial charge in [0.1, 0.15) is 0 Å². The third-order valence-corrected chi connectivity index (χ3v) is 3.44. The Morgan fingerprint density at radius 3 is 2.50 bits per heavy atom. The zero-order valence-corrected chi connectivity index (χ0v) is 10.3. The number of amides is 1. The second kappa shape index (κ2) is 4.96. The highest BCUT2D eigenvalue weighted by Crippen LogP contribution is 2.41. The van der Waals surface area contributed by atoms with Gasteiger partial charge in [-0.1, -0.05) is 42.3 Å². The highest BCUT2D eigenvalue weighted by molar-refractivity contribution is 9.11. The lowest BCUT2D eigenvalue weighted by atomic mass is 9.82. The van der Waals surface area contributed by atoms with Gasteiger partial charge < -0.3 is 5.32 Å². The van der Waals surface area contributed by atoms with Crippen molar-refractivity contribution < 1.29 is 4.79 Å². The lowest BCUT2D eigenvalue weighted by molar-refractivity contribution is -0.130. The number of carbonyl (C=O) groups is 1. The summed E-state index contributed by atoms with van der Waals surface area (Å²) in [5, 5.41) is 2.93. The molecule has 1 fully saturated rings. The topological polar surface area (TPSA) is 29.1 Å². The molecule has 3 heteroatoms. The van der Waals surface area contributed by atoms with Gasteiger partial charge >= 0.3 is 0 Å². The van der Waals surface area contributed by atoms with E-state index in [0.29, 0.717) is 6.54 Å². The van der Waals surface area contributed by atoms with Gasteiger partial charge in [0.05, 0.1) is 0 Å². The van der Waals surface area contributed by atoms with Crippen molar-refractivity contribution in [2.45, 2.75) is 39.0 Å². The van der Waals surface area contributed by atoms with Gasteiger partial charge in [0.25, 0.3) is 0 Å². The Bertz CT molecular complexity index is 231. The normalized spacial score (nSPS) is 19.3. The third kappa shape index (κ3) is 2.59. The van der Waals surface area contributed by atoms with Crippen molar-refractivity contribution in [3.05, 3.63) is 11.1 Å². The van der Waals surface area contributed by atoms with Crippen LogP contribution in [0, 0.1) is 5.41 Å². The van der Waals surface area contributed by atoms with Crippen LogP contribution in [0.15, 0.2) is 11.1 Å². The summed E-state index contributed by atoms with van der Waals surface area (Å²) in [5.74, 6) is 0.207. The Balaban J connectivity index is 2.52. The van der Waals surface area contributed by atoms with E-state index in [4.69, 9.17) is 0 Å². The zero-order valence-electron chi connectivity index (χ0n) is 8.74. The van der Waals surface area contributed by atoms with Gasteiger partial charge in [-0.15, -0.1) is 0 Å². The van der Waals surface area contributed by atoms with Crippen LogP contribution in [-0.2, 0) is 4.79 Å². The largest absolute Gasteiger partial charge is 0.351 e. The summed E-state index contributed by atoms with van der Waals surface area (Å²) in [4.78, 5) is 11.9. The second-order valence-electron chi connectivity index (χ2n) is 4.04. The van der Waals surface area contributed by atoms with Crippen molar-refractivity contribution >= 4 is 21.8 Å². The molecule has 1 rings (SSSR count). The number of carbonyl (C=O) groups excluding carboxylic acids is 1. The molecule has 1 saturated carbocycles. The molecule has 14 heavy (non-hydrogen) atoms. The van der Waals surface area contributed by atoms with Crippen LogP contribution in [0.25, 0.3) is 0 Å². The van der Waals surface area contributed by atoms with Crippen LogP contribution in [0.3, 0.4) is 0 Å². The fourth-order valence-corrected chi connectivity index (χ4v) is 2.30. The SMILES string of the molecule is C=C(Br)CNC(=O)C1(CC)CCCC1. The zero-order chi connectivity index (χ0) is 10.6. The lowest BCUT2D eigenvalue weighted by Crippen LogP contribution is -2.39. The van der Waals surface area contributed by atoms with Crippen LogP contribution in [0.5, 0.6) is 0 Å². The molecule has 0 radical (unpaired) electrons. The first-order chi connectivity index (χ1) is 6.60. The summed E-state index contributed by atoms with van der Waals surface area (Å²) in [6.45, 7) is 6.35. The molecular formula is C11H18BrNO. The molecule has 0 bridgehead atoms. The summed E-state index contributed by atoms with van der Waals surface area (Å²) in [6.07, 6.45) is 5.43. The average Bonchev–Trinajstić information content (AvgIpc) is 2.63. The molecule has 1 aliphatic carbocycles. The first-order valence-corrected chi connectivity index (χ1v) is 6.01. The Kier molecular flexibility index (Phi) is 4.17. The van der Waals surface area contributed by atoms with Gasteiger partial charge in [-0.05, 0) is 19.3 Å². The Hall–Kier alpha value is -0.310. The number of halogens is 1. The average molecular weight is 260 g/mol. The maximum absolute atomic E-state index is 11.9. The molecule has 0 spiro atoms. The Labute approximate surface area is 94.3 Å². The monoisotopic (exact) mass is 259 g/mol. The van der Waals surface area contributed by atoms with Gasteiger partial charge in [-0.2, -0.15) is 0 Å². The Morgan fingerprint density at radius 2 is 2.07 bits per heavy atom. The standard InChI is InChI=1S/C11H18BrNO/c1-3-11(6-4-5-7-11)10(14)13-8-9(2)12/h2-8H2,1H3,(H,13,14). The molecule has 0 unspecified atom stereocenters. The molecule has 2 nitrogen and oxygen atoms in total. The fourth-order valence-electron chi connectivity index (χ4n) is 2.16. The molecule has 0 heterocycles. The van der Waals surface area contributed by atoms with E-state index < -0.39 is 0 Å². The van der Waals surface area contributed by atoms with Gasteiger partial charge in [0.2, 0.25) is 5.91 Å². The molecular weight excluding hydrogens is 242 g/mol. The van der Waals surface area contributed by atoms with Crippen molar-refractivity contribution in [1.82, 2.24) is 5.32 Å². The van der Waals surface area contributed by atoms with Crippen LogP contribution in [0.4, 0.5) is 0 Å². The van der Waals surface area contributed by atoms with Crippen molar-refractivity contribution in [2.75, 3.05) is 6.54 Å². The van der Waals surface area contributed by atoms with E-state index in [-0.39, 0.29) is 11.3 Å². The van der Waals surface area contributed by atoms with Crippen LogP contribution in [0.1, 0.15) is 39.0 Å². The van der Waals surface area contributed by atoms with Gasteiger partial charge in [0, 0.05) is 16.4 Å². The van der Waals surface area contributed by atoms with E-state index in [0.717, 1.165) is 23.7 Å². The molecule has 1 N–H and O–H groups in total.